The number of hydrogen-bond donors (Lipinski definition) is 1. The Labute approximate surface area is 148 Å². The summed E-state index contributed by atoms with van der Waals surface area (Å²) in [6.45, 7) is 9.92. The number of carbonyl (C=O) groups is 1. The lowest BCUT2D eigenvalue weighted by molar-refractivity contribution is 0.0775. The van der Waals surface area contributed by atoms with E-state index >= 15 is 0 Å². The number of carbonyl (C=O) groups excluding carboxylic acids is 1. The molecule has 0 radical (unpaired) electrons. The predicted molar refractivity (Wildman–Crippen MR) is 95.2 cm³/mol. The van der Waals surface area contributed by atoms with E-state index in [0.29, 0.717) is 11.6 Å². The number of piperidine rings is 1. The fraction of sp³-hybridized carbons (Fsp3) is 0.526. The largest absolute Gasteiger partial charge is 0.444 e. The molecule has 3 heterocycles. The van der Waals surface area contributed by atoms with Gasteiger partial charge in [0.15, 0.2) is 0 Å². The molecule has 1 amide bonds. The summed E-state index contributed by atoms with van der Waals surface area (Å²) in [5.41, 5.74) is 1.42. The molecule has 3 atom stereocenters. The van der Waals surface area contributed by atoms with E-state index < -0.39 is 0 Å². The Kier molecular flexibility index (Phi) is 5.18. The molecule has 1 N–H and O–H groups in total. The molecule has 134 valence electrons. The maximum atomic E-state index is 12.5. The lowest BCUT2D eigenvalue weighted by Crippen LogP contribution is -2.50. The van der Waals surface area contributed by atoms with Crippen LogP contribution in [0.2, 0.25) is 0 Å². The molecule has 0 spiro atoms. The standard InChI is InChI=1S/C19H26N4O2/c1-12-6-5-8-20-17(12)18(24)22-16-7-9-23(11-13(16)2)15(4)19-21-10-14(3)25-19/h5-6,8,10,13,15-16H,7,9,11H2,1-4H3,(H,22,24). The molecule has 2 aromatic rings. The summed E-state index contributed by atoms with van der Waals surface area (Å²) in [6, 6.07) is 4.06. The first kappa shape index (κ1) is 17.6. The van der Waals surface area contributed by atoms with Crippen molar-refractivity contribution in [1.29, 1.82) is 0 Å². The molecule has 1 saturated heterocycles. The van der Waals surface area contributed by atoms with Crippen molar-refractivity contribution < 1.29 is 9.21 Å². The highest BCUT2D eigenvalue weighted by atomic mass is 16.4. The number of aromatic nitrogens is 2. The Morgan fingerprint density at radius 1 is 1.40 bits per heavy atom. The van der Waals surface area contributed by atoms with Crippen LogP contribution < -0.4 is 5.32 Å². The van der Waals surface area contributed by atoms with Gasteiger partial charge in [-0.2, -0.15) is 0 Å². The van der Waals surface area contributed by atoms with Crippen molar-refractivity contribution in [2.75, 3.05) is 13.1 Å². The van der Waals surface area contributed by atoms with Gasteiger partial charge in [-0.05, 0) is 44.7 Å². The van der Waals surface area contributed by atoms with Gasteiger partial charge in [-0.15, -0.1) is 0 Å². The minimum atomic E-state index is -0.0835. The molecule has 2 aromatic heterocycles. The average molecular weight is 342 g/mol. The van der Waals surface area contributed by atoms with Gasteiger partial charge in [0.25, 0.3) is 5.91 Å². The van der Waals surface area contributed by atoms with Crippen LogP contribution in [-0.2, 0) is 0 Å². The van der Waals surface area contributed by atoms with Gasteiger partial charge in [-0.1, -0.05) is 13.0 Å². The van der Waals surface area contributed by atoms with Gasteiger partial charge in [0, 0.05) is 25.3 Å². The van der Waals surface area contributed by atoms with Crippen molar-refractivity contribution in [3.63, 3.8) is 0 Å². The molecule has 0 aliphatic carbocycles. The Balaban J connectivity index is 1.60. The van der Waals surface area contributed by atoms with E-state index in [1.54, 1.807) is 12.4 Å². The van der Waals surface area contributed by atoms with E-state index in [2.05, 4.69) is 34.0 Å². The minimum Gasteiger partial charge on any atom is -0.444 e. The highest BCUT2D eigenvalue weighted by molar-refractivity contribution is 5.93. The lowest BCUT2D eigenvalue weighted by Gasteiger charge is -2.39. The van der Waals surface area contributed by atoms with E-state index in [0.717, 1.165) is 36.7 Å². The molecule has 0 saturated carbocycles. The zero-order chi connectivity index (χ0) is 18.0. The summed E-state index contributed by atoms with van der Waals surface area (Å²) in [6.07, 6.45) is 4.33. The smallest absolute Gasteiger partial charge is 0.270 e. The molecular weight excluding hydrogens is 316 g/mol. The fourth-order valence-electron chi connectivity index (χ4n) is 3.43. The first-order chi connectivity index (χ1) is 12.0. The van der Waals surface area contributed by atoms with Crippen LogP contribution in [0.15, 0.2) is 28.9 Å². The number of hydrogen-bond acceptors (Lipinski definition) is 5. The van der Waals surface area contributed by atoms with Gasteiger partial charge in [0.05, 0.1) is 12.2 Å². The molecule has 25 heavy (non-hydrogen) atoms. The highest BCUT2D eigenvalue weighted by Gasteiger charge is 2.31. The molecule has 6 heteroatoms. The number of rotatable bonds is 4. The molecule has 3 rings (SSSR count). The van der Waals surface area contributed by atoms with Crippen molar-refractivity contribution in [2.24, 2.45) is 5.92 Å². The van der Waals surface area contributed by atoms with Gasteiger partial charge in [-0.25, -0.2) is 4.98 Å². The van der Waals surface area contributed by atoms with Crippen LogP contribution >= 0.6 is 0 Å². The third-order valence-corrected chi connectivity index (χ3v) is 5.02. The quantitative estimate of drug-likeness (QED) is 0.925. The lowest BCUT2D eigenvalue weighted by atomic mass is 9.92. The van der Waals surface area contributed by atoms with Crippen LogP contribution in [0.5, 0.6) is 0 Å². The second-order valence-corrected chi connectivity index (χ2v) is 6.99. The van der Waals surface area contributed by atoms with Crippen LogP contribution in [0.4, 0.5) is 0 Å². The van der Waals surface area contributed by atoms with E-state index in [1.807, 2.05) is 26.0 Å². The molecule has 1 fully saturated rings. The maximum Gasteiger partial charge on any atom is 0.270 e. The van der Waals surface area contributed by atoms with Crippen LogP contribution in [0, 0.1) is 19.8 Å². The molecule has 6 nitrogen and oxygen atoms in total. The first-order valence-corrected chi connectivity index (χ1v) is 8.84. The summed E-state index contributed by atoms with van der Waals surface area (Å²) in [5.74, 6) is 1.86. The van der Waals surface area contributed by atoms with Crippen molar-refractivity contribution >= 4 is 5.91 Å². The second-order valence-electron chi connectivity index (χ2n) is 6.99. The zero-order valence-electron chi connectivity index (χ0n) is 15.3. The normalized spacial score (nSPS) is 22.6. The fourth-order valence-corrected chi connectivity index (χ4v) is 3.43. The van der Waals surface area contributed by atoms with Crippen LogP contribution in [0.1, 0.15) is 54.0 Å². The monoisotopic (exact) mass is 342 g/mol. The van der Waals surface area contributed by atoms with Crippen molar-refractivity contribution in [3.05, 3.63) is 47.4 Å². The van der Waals surface area contributed by atoms with Gasteiger partial charge < -0.3 is 9.73 Å². The molecule has 3 unspecified atom stereocenters. The van der Waals surface area contributed by atoms with Crippen molar-refractivity contribution in [1.82, 2.24) is 20.2 Å². The van der Waals surface area contributed by atoms with Crippen LogP contribution in [-0.4, -0.2) is 39.9 Å². The topological polar surface area (TPSA) is 71.3 Å². The Morgan fingerprint density at radius 3 is 2.84 bits per heavy atom. The Hall–Kier alpha value is -2.21. The first-order valence-electron chi connectivity index (χ1n) is 8.84. The van der Waals surface area contributed by atoms with E-state index in [9.17, 15) is 4.79 Å². The van der Waals surface area contributed by atoms with Gasteiger partial charge in [-0.3, -0.25) is 14.7 Å². The number of amides is 1. The van der Waals surface area contributed by atoms with Crippen molar-refractivity contribution in [3.8, 4) is 0 Å². The third-order valence-electron chi connectivity index (χ3n) is 5.02. The molecule has 1 aliphatic heterocycles. The van der Waals surface area contributed by atoms with Crippen LogP contribution in [0.3, 0.4) is 0 Å². The number of pyridine rings is 1. The van der Waals surface area contributed by atoms with Gasteiger partial charge in [0.1, 0.15) is 11.5 Å². The zero-order valence-corrected chi connectivity index (χ0v) is 15.3. The summed E-state index contributed by atoms with van der Waals surface area (Å²) < 4.78 is 5.67. The highest BCUT2D eigenvalue weighted by Crippen LogP contribution is 2.26. The average Bonchev–Trinajstić information content (AvgIpc) is 3.02. The SMILES string of the molecule is Cc1cnc(C(C)N2CCC(NC(=O)c3ncccc3C)C(C)C2)o1. The summed E-state index contributed by atoms with van der Waals surface area (Å²) >= 11 is 0. The number of aryl methyl sites for hydroxylation is 2. The van der Waals surface area contributed by atoms with E-state index in [1.165, 1.54) is 0 Å². The minimum absolute atomic E-state index is 0.0835. The molecule has 1 aliphatic rings. The third kappa shape index (κ3) is 3.90. The van der Waals surface area contributed by atoms with E-state index in [-0.39, 0.29) is 18.0 Å². The number of likely N-dealkylation sites (tertiary alicyclic amines) is 1. The summed E-state index contributed by atoms with van der Waals surface area (Å²) in [5, 5.41) is 3.16. The number of nitrogens with one attached hydrogen (secondary N) is 1. The molecular formula is C19H26N4O2. The predicted octanol–water partition coefficient (Wildman–Crippen LogP) is 2.89. The Bertz CT molecular complexity index is 743. The van der Waals surface area contributed by atoms with Gasteiger partial charge >= 0.3 is 0 Å². The summed E-state index contributed by atoms with van der Waals surface area (Å²) in [4.78, 5) is 23.4. The van der Waals surface area contributed by atoms with E-state index in [4.69, 9.17) is 4.42 Å². The maximum absolute atomic E-state index is 12.5. The van der Waals surface area contributed by atoms with Crippen molar-refractivity contribution in [2.45, 2.75) is 46.2 Å². The van der Waals surface area contributed by atoms with Gasteiger partial charge in [0.2, 0.25) is 5.89 Å². The second kappa shape index (κ2) is 7.35. The van der Waals surface area contributed by atoms with Crippen LogP contribution in [0.25, 0.3) is 0 Å². The molecule has 0 aromatic carbocycles. The number of nitrogens with zero attached hydrogens (tertiary/aromatic N) is 3. The molecule has 0 bridgehead atoms. The number of oxazole rings is 1. The summed E-state index contributed by atoms with van der Waals surface area (Å²) in [7, 11) is 0. The Morgan fingerprint density at radius 2 is 2.20 bits per heavy atom.